The van der Waals surface area contributed by atoms with Crippen molar-refractivity contribution in [3.8, 4) is 23.0 Å². The van der Waals surface area contributed by atoms with E-state index in [0.29, 0.717) is 0 Å². The number of nitrogens with zero attached hydrogens (tertiary/aromatic N) is 2. The third-order valence-electron chi connectivity index (χ3n) is 8.24. The molecule has 5 heteroatoms. The summed E-state index contributed by atoms with van der Waals surface area (Å²) < 4.78 is 13.5. The number of benzene rings is 6. The van der Waals surface area contributed by atoms with E-state index in [1.54, 1.807) is 0 Å². The second-order valence-corrected chi connectivity index (χ2v) is 10.6. The molecule has 0 fully saturated rings. The van der Waals surface area contributed by atoms with E-state index in [-0.39, 0.29) is 6.71 Å². The van der Waals surface area contributed by atoms with Gasteiger partial charge in [-0.05, 0) is 47.3 Å². The summed E-state index contributed by atoms with van der Waals surface area (Å²) in [5, 5.41) is 0. The maximum Gasteiger partial charge on any atom is 0.247 e. The minimum absolute atomic E-state index is 0.0820. The zero-order valence-electron chi connectivity index (χ0n) is 22.1. The highest BCUT2D eigenvalue weighted by Gasteiger charge is 2.45. The molecule has 6 aromatic rings. The van der Waals surface area contributed by atoms with Crippen molar-refractivity contribution in [3.05, 3.63) is 140 Å². The molecule has 6 aromatic carbocycles. The molecule has 9 rings (SSSR count). The molecule has 0 aliphatic carbocycles. The van der Waals surface area contributed by atoms with Gasteiger partial charge in [0.25, 0.3) is 0 Å². The van der Waals surface area contributed by atoms with Crippen LogP contribution in [-0.4, -0.2) is 6.71 Å². The molecule has 0 unspecified atom stereocenters. The summed E-state index contributed by atoms with van der Waals surface area (Å²) in [4.78, 5) is 4.61. The summed E-state index contributed by atoms with van der Waals surface area (Å²) >= 11 is 0. The zero-order valence-corrected chi connectivity index (χ0v) is 22.1. The second-order valence-electron chi connectivity index (χ2n) is 10.6. The second kappa shape index (κ2) is 8.54. The largest absolute Gasteiger partial charge is 0.453 e. The van der Waals surface area contributed by atoms with Crippen LogP contribution in [0.2, 0.25) is 0 Å². The van der Waals surface area contributed by atoms with E-state index in [9.17, 15) is 0 Å². The normalized spacial score (nSPS) is 13.2. The Bertz CT molecular complexity index is 1840. The molecule has 0 bridgehead atoms. The smallest absolute Gasteiger partial charge is 0.247 e. The van der Waals surface area contributed by atoms with Crippen molar-refractivity contribution in [3.63, 3.8) is 0 Å². The van der Waals surface area contributed by atoms with Gasteiger partial charge in [-0.15, -0.1) is 0 Å². The predicted molar refractivity (Wildman–Crippen MR) is 167 cm³/mol. The molecule has 3 heterocycles. The molecule has 3 aliphatic heterocycles. The highest BCUT2D eigenvalue weighted by atomic mass is 16.5. The Morgan fingerprint density at radius 2 is 0.927 bits per heavy atom. The van der Waals surface area contributed by atoms with Crippen LogP contribution in [-0.2, 0) is 0 Å². The predicted octanol–water partition coefficient (Wildman–Crippen LogP) is 7.67. The monoisotopic (exact) mass is 526 g/mol. The first-order chi connectivity index (χ1) is 20.3. The summed E-state index contributed by atoms with van der Waals surface area (Å²) in [5.74, 6) is 3.26. The molecule has 0 N–H and O–H groups in total. The lowest BCUT2D eigenvalue weighted by Gasteiger charge is -2.44. The van der Waals surface area contributed by atoms with Gasteiger partial charge in [-0.25, -0.2) is 0 Å². The highest BCUT2D eigenvalue weighted by molar-refractivity contribution is 6.98. The first-order valence-electron chi connectivity index (χ1n) is 13.9. The van der Waals surface area contributed by atoms with Crippen LogP contribution in [0, 0.1) is 0 Å². The number of hydrogen-bond donors (Lipinski definition) is 0. The van der Waals surface area contributed by atoms with Gasteiger partial charge in [0.2, 0.25) is 6.71 Å². The fourth-order valence-corrected chi connectivity index (χ4v) is 6.61. The van der Waals surface area contributed by atoms with Crippen molar-refractivity contribution in [2.24, 2.45) is 0 Å². The van der Waals surface area contributed by atoms with Crippen LogP contribution in [0.5, 0.6) is 23.0 Å². The average molecular weight is 526 g/mol. The first-order valence-corrected chi connectivity index (χ1v) is 13.9. The molecule has 3 aliphatic rings. The van der Waals surface area contributed by atoms with Crippen LogP contribution in [0.1, 0.15) is 0 Å². The lowest BCUT2D eigenvalue weighted by atomic mass is 9.35. The van der Waals surface area contributed by atoms with Gasteiger partial charge in [-0.3, -0.25) is 4.90 Å². The average Bonchev–Trinajstić information content (AvgIpc) is 3.03. The quantitative estimate of drug-likeness (QED) is 0.220. The van der Waals surface area contributed by atoms with Gasteiger partial charge in [-0.1, -0.05) is 96.5 Å². The van der Waals surface area contributed by atoms with E-state index in [1.807, 2.05) is 12.1 Å². The number of ether oxygens (including phenoxy) is 2. The minimum atomic E-state index is 0.0820. The van der Waals surface area contributed by atoms with Crippen LogP contribution < -0.4 is 35.7 Å². The van der Waals surface area contributed by atoms with Gasteiger partial charge in [0.05, 0.1) is 17.1 Å². The van der Waals surface area contributed by atoms with Gasteiger partial charge in [-0.2, -0.15) is 0 Å². The molecular weight excluding hydrogens is 503 g/mol. The Morgan fingerprint density at radius 1 is 0.439 bits per heavy atom. The third kappa shape index (κ3) is 3.23. The first kappa shape index (κ1) is 22.4. The van der Waals surface area contributed by atoms with Crippen molar-refractivity contribution < 1.29 is 9.47 Å². The number of anilines is 6. The van der Waals surface area contributed by atoms with Gasteiger partial charge < -0.3 is 14.4 Å². The summed E-state index contributed by atoms with van der Waals surface area (Å²) in [6.45, 7) is 0.0820. The van der Waals surface area contributed by atoms with Gasteiger partial charge >= 0.3 is 0 Å². The Hall–Kier alpha value is -5.42. The highest BCUT2D eigenvalue weighted by Crippen LogP contribution is 2.61. The molecule has 0 atom stereocenters. The summed E-state index contributed by atoms with van der Waals surface area (Å²) in [7, 11) is 0. The van der Waals surface area contributed by atoms with Crippen LogP contribution in [0.3, 0.4) is 0 Å². The van der Waals surface area contributed by atoms with Crippen molar-refractivity contribution in [2.45, 2.75) is 0 Å². The summed E-state index contributed by atoms with van der Waals surface area (Å²) in [6, 6.07) is 48.6. The summed E-state index contributed by atoms with van der Waals surface area (Å²) in [5.41, 5.74) is 9.94. The lowest BCUT2D eigenvalue weighted by molar-refractivity contribution is 0.446. The van der Waals surface area contributed by atoms with E-state index in [0.717, 1.165) is 57.1 Å². The molecule has 41 heavy (non-hydrogen) atoms. The molecule has 0 spiro atoms. The van der Waals surface area contributed by atoms with Crippen molar-refractivity contribution in [1.82, 2.24) is 0 Å². The van der Waals surface area contributed by atoms with Crippen molar-refractivity contribution in [2.75, 3.05) is 9.80 Å². The van der Waals surface area contributed by atoms with Gasteiger partial charge in [0, 0.05) is 23.5 Å². The Labute approximate surface area is 238 Å². The van der Waals surface area contributed by atoms with Crippen molar-refractivity contribution >= 4 is 57.2 Å². The number of para-hydroxylation sites is 4. The maximum absolute atomic E-state index is 6.75. The van der Waals surface area contributed by atoms with Crippen LogP contribution in [0.15, 0.2) is 140 Å². The molecule has 0 saturated carbocycles. The van der Waals surface area contributed by atoms with E-state index in [1.165, 1.54) is 16.4 Å². The maximum atomic E-state index is 6.75. The van der Waals surface area contributed by atoms with Crippen LogP contribution in [0.25, 0.3) is 0 Å². The standard InChI is InChI=1S/C36H23BN2O2/c1-4-12-24(13-5-1)37-28-18-10-20-30-34(28)39-35-29(37)19-11-21-31(35)41-33-23-27(22-32(40-30)36(33)39)38(25-14-6-2-7-15-25)26-16-8-3-9-17-26/h1-23H. The van der Waals surface area contributed by atoms with E-state index >= 15 is 0 Å². The molecule has 0 aromatic heterocycles. The number of rotatable bonds is 4. The van der Waals surface area contributed by atoms with Gasteiger partial charge in [0.1, 0.15) is 5.69 Å². The van der Waals surface area contributed by atoms with Gasteiger partial charge in [0.15, 0.2) is 23.0 Å². The van der Waals surface area contributed by atoms with Crippen LogP contribution >= 0.6 is 0 Å². The van der Waals surface area contributed by atoms with E-state index < -0.39 is 0 Å². The summed E-state index contributed by atoms with van der Waals surface area (Å²) in [6.07, 6.45) is 0. The molecule has 192 valence electrons. The Balaban J connectivity index is 1.29. The molecule has 0 radical (unpaired) electrons. The zero-order chi connectivity index (χ0) is 26.9. The molecule has 4 nitrogen and oxygen atoms in total. The molecule has 0 saturated heterocycles. The minimum Gasteiger partial charge on any atom is -0.453 e. The van der Waals surface area contributed by atoms with Crippen molar-refractivity contribution in [1.29, 1.82) is 0 Å². The fraction of sp³-hybridized carbons (Fsp3) is 0. The molecular formula is C36H23BN2O2. The lowest BCUT2D eigenvalue weighted by Crippen LogP contribution is -2.57. The van der Waals surface area contributed by atoms with E-state index in [4.69, 9.17) is 9.47 Å². The molecule has 0 amide bonds. The fourth-order valence-electron chi connectivity index (χ4n) is 6.61. The Kier molecular flexibility index (Phi) is 4.67. The Morgan fingerprint density at radius 3 is 1.44 bits per heavy atom. The number of hydrogen-bond acceptors (Lipinski definition) is 4. The topological polar surface area (TPSA) is 24.9 Å². The van der Waals surface area contributed by atoms with Crippen LogP contribution in [0.4, 0.5) is 34.1 Å². The SMILES string of the molecule is c1ccc(B2c3cccc4c3N3c5c(cc(N(c6ccccc6)c6ccccc6)cc5Oc5cccc2c53)O4)cc1. The van der Waals surface area contributed by atoms with E-state index in [2.05, 4.69) is 137 Å². The third-order valence-corrected chi connectivity index (χ3v) is 8.24.